The lowest BCUT2D eigenvalue weighted by molar-refractivity contribution is 0.0696. The van der Waals surface area contributed by atoms with Crippen molar-refractivity contribution in [3.05, 3.63) is 59.2 Å². The molecule has 0 radical (unpaired) electrons. The summed E-state index contributed by atoms with van der Waals surface area (Å²) in [4.78, 5) is 10.8. The van der Waals surface area contributed by atoms with Crippen molar-refractivity contribution in [2.75, 3.05) is 6.61 Å². The Morgan fingerprint density at radius 2 is 1.83 bits per heavy atom. The SMILES string of the molecule is CCOc1ccc(CNS(=O)(=O)c2ccc(C(=O)O)cc2)cc1C. The third-order valence-electron chi connectivity index (χ3n) is 3.42. The maximum absolute atomic E-state index is 12.3. The molecule has 0 aliphatic heterocycles. The normalized spacial score (nSPS) is 11.2. The van der Waals surface area contributed by atoms with Gasteiger partial charge < -0.3 is 9.84 Å². The highest BCUT2D eigenvalue weighted by molar-refractivity contribution is 7.89. The first-order valence-electron chi connectivity index (χ1n) is 7.39. The quantitative estimate of drug-likeness (QED) is 0.801. The van der Waals surface area contributed by atoms with E-state index in [1.165, 1.54) is 24.3 Å². The first-order chi connectivity index (χ1) is 11.3. The van der Waals surface area contributed by atoms with Gasteiger partial charge >= 0.3 is 5.97 Å². The highest BCUT2D eigenvalue weighted by Crippen LogP contribution is 2.19. The molecular formula is C17H19NO5S. The zero-order valence-corrected chi connectivity index (χ0v) is 14.3. The molecule has 0 bridgehead atoms. The van der Waals surface area contributed by atoms with E-state index in [9.17, 15) is 13.2 Å². The third kappa shape index (κ3) is 4.33. The molecule has 7 heteroatoms. The lowest BCUT2D eigenvalue weighted by Gasteiger charge is -2.10. The Morgan fingerprint density at radius 3 is 2.38 bits per heavy atom. The third-order valence-corrected chi connectivity index (χ3v) is 4.83. The first kappa shape index (κ1) is 18.0. The Kier molecular flexibility index (Phi) is 5.58. The highest BCUT2D eigenvalue weighted by atomic mass is 32.2. The molecule has 2 aromatic rings. The number of aromatic carboxylic acids is 1. The van der Waals surface area contributed by atoms with Gasteiger partial charge in [0.25, 0.3) is 0 Å². The van der Waals surface area contributed by atoms with E-state index in [0.29, 0.717) is 6.61 Å². The summed E-state index contributed by atoms with van der Waals surface area (Å²) in [6.07, 6.45) is 0. The predicted octanol–water partition coefficient (Wildman–Crippen LogP) is 2.57. The van der Waals surface area contributed by atoms with Crippen LogP contribution in [0.3, 0.4) is 0 Å². The molecule has 0 atom stereocenters. The second-order valence-corrected chi connectivity index (χ2v) is 6.95. The molecule has 0 saturated carbocycles. The van der Waals surface area contributed by atoms with E-state index in [1.54, 1.807) is 6.07 Å². The minimum Gasteiger partial charge on any atom is -0.494 e. The number of sulfonamides is 1. The van der Waals surface area contributed by atoms with Crippen molar-refractivity contribution in [2.24, 2.45) is 0 Å². The van der Waals surface area contributed by atoms with E-state index < -0.39 is 16.0 Å². The zero-order chi connectivity index (χ0) is 17.7. The van der Waals surface area contributed by atoms with E-state index >= 15 is 0 Å². The van der Waals surface area contributed by atoms with Crippen LogP contribution in [0.15, 0.2) is 47.4 Å². The van der Waals surface area contributed by atoms with Gasteiger partial charge in [0.05, 0.1) is 17.1 Å². The van der Waals surface area contributed by atoms with Crippen LogP contribution in [0.1, 0.15) is 28.4 Å². The van der Waals surface area contributed by atoms with Crippen molar-refractivity contribution < 1.29 is 23.1 Å². The fourth-order valence-electron chi connectivity index (χ4n) is 2.18. The summed E-state index contributed by atoms with van der Waals surface area (Å²) in [5.41, 5.74) is 1.78. The van der Waals surface area contributed by atoms with Gasteiger partial charge in [0.2, 0.25) is 10.0 Å². The van der Waals surface area contributed by atoms with Crippen LogP contribution in [0.4, 0.5) is 0 Å². The van der Waals surface area contributed by atoms with Gasteiger partial charge in [-0.05, 0) is 55.3 Å². The van der Waals surface area contributed by atoms with Gasteiger partial charge in [-0.2, -0.15) is 0 Å². The van der Waals surface area contributed by atoms with Crippen LogP contribution in [0, 0.1) is 6.92 Å². The second kappa shape index (κ2) is 7.46. The molecule has 0 aliphatic carbocycles. The second-order valence-electron chi connectivity index (χ2n) is 5.19. The van der Waals surface area contributed by atoms with Crippen LogP contribution in [-0.4, -0.2) is 26.1 Å². The van der Waals surface area contributed by atoms with Gasteiger partial charge in [-0.25, -0.2) is 17.9 Å². The molecule has 24 heavy (non-hydrogen) atoms. The number of nitrogens with one attached hydrogen (secondary N) is 1. The number of benzene rings is 2. The van der Waals surface area contributed by atoms with E-state index in [0.717, 1.165) is 16.9 Å². The summed E-state index contributed by atoms with van der Waals surface area (Å²) in [5, 5.41) is 8.84. The Balaban J connectivity index is 2.09. The summed E-state index contributed by atoms with van der Waals surface area (Å²) in [6, 6.07) is 10.5. The molecule has 128 valence electrons. The Bertz CT molecular complexity index is 829. The van der Waals surface area contributed by atoms with Gasteiger partial charge in [0.15, 0.2) is 0 Å². The van der Waals surface area contributed by atoms with Crippen molar-refractivity contribution in [1.29, 1.82) is 0 Å². The summed E-state index contributed by atoms with van der Waals surface area (Å²) >= 11 is 0. The molecule has 2 aromatic carbocycles. The first-order valence-corrected chi connectivity index (χ1v) is 8.87. The lowest BCUT2D eigenvalue weighted by Crippen LogP contribution is -2.23. The Labute approximate surface area is 141 Å². The summed E-state index contributed by atoms with van der Waals surface area (Å²) in [5.74, 6) is -0.329. The van der Waals surface area contributed by atoms with Crippen molar-refractivity contribution in [3.63, 3.8) is 0 Å². The van der Waals surface area contributed by atoms with Gasteiger partial charge in [-0.3, -0.25) is 0 Å². The predicted molar refractivity (Wildman–Crippen MR) is 89.8 cm³/mol. The van der Waals surface area contributed by atoms with E-state index in [-0.39, 0.29) is 17.0 Å². The molecule has 0 unspecified atom stereocenters. The summed E-state index contributed by atoms with van der Waals surface area (Å²) in [6.45, 7) is 4.50. The van der Waals surface area contributed by atoms with Gasteiger partial charge in [0, 0.05) is 6.54 Å². The molecule has 0 heterocycles. The Hall–Kier alpha value is -2.38. The van der Waals surface area contributed by atoms with E-state index in [4.69, 9.17) is 9.84 Å². The van der Waals surface area contributed by atoms with Gasteiger partial charge in [-0.15, -0.1) is 0 Å². The average molecular weight is 349 g/mol. The van der Waals surface area contributed by atoms with Crippen LogP contribution in [-0.2, 0) is 16.6 Å². The number of rotatable bonds is 7. The fourth-order valence-corrected chi connectivity index (χ4v) is 3.19. The van der Waals surface area contributed by atoms with Gasteiger partial charge in [-0.1, -0.05) is 12.1 Å². The molecule has 6 nitrogen and oxygen atoms in total. The molecule has 0 fully saturated rings. The summed E-state index contributed by atoms with van der Waals surface area (Å²) in [7, 11) is -3.71. The highest BCUT2D eigenvalue weighted by Gasteiger charge is 2.14. The zero-order valence-electron chi connectivity index (χ0n) is 13.4. The molecular weight excluding hydrogens is 330 g/mol. The van der Waals surface area contributed by atoms with E-state index in [1.807, 2.05) is 26.0 Å². The molecule has 0 spiro atoms. The van der Waals surface area contributed by atoms with E-state index in [2.05, 4.69) is 4.72 Å². The molecule has 2 rings (SSSR count). The van der Waals surface area contributed by atoms with Crippen molar-refractivity contribution in [2.45, 2.75) is 25.3 Å². The standard InChI is InChI=1S/C17H19NO5S/c1-3-23-16-9-4-13(10-12(16)2)11-18-24(21,22)15-7-5-14(6-8-15)17(19)20/h4-10,18H,3,11H2,1-2H3,(H,19,20). The topological polar surface area (TPSA) is 92.7 Å². The largest absolute Gasteiger partial charge is 0.494 e. The minimum absolute atomic E-state index is 0.0233. The fraction of sp³-hybridized carbons (Fsp3) is 0.235. The molecule has 0 amide bonds. The molecule has 0 aliphatic rings. The molecule has 0 aromatic heterocycles. The smallest absolute Gasteiger partial charge is 0.335 e. The van der Waals surface area contributed by atoms with Crippen molar-refractivity contribution >= 4 is 16.0 Å². The number of ether oxygens (including phenoxy) is 1. The lowest BCUT2D eigenvalue weighted by atomic mass is 10.1. The summed E-state index contributed by atoms with van der Waals surface area (Å²) < 4.78 is 32.5. The van der Waals surface area contributed by atoms with Crippen LogP contribution >= 0.6 is 0 Å². The number of carboxylic acid groups (broad SMARTS) is 1. The average Bonchev–Trinajstić information content (AvgIpc) is 2.55. The molecule has 0 saturated heterocycles. The monoisotopic (exact) mass is 349 g/mol. The maximum atomic E-state index is 12.3. The van der Waals surface area contributed by atoms with Crippen LogP contribution in [0.2, 0.25) is 0 Å². The number of hydrogen-bond acceptors (Lipinski definition) is 4. The van der Waals surface area contributed by atoms with Crippen LogP contribution in [0.5, 0.6) is 5.75 Å². The number of aryl methyl sites for hydroxylation is 1. The minimum atomic E-state index is -3.71. The number of carboxylic acids is 1. The maximum Gasteiger partial charge on any atom is 0.335 e. The van der Waals surface area contributed by atoms with Crippen LogP contribution in [0.25, 0.3) is 0 Å². The number of carbonyl (C=O) groups is 1. The Morgan fingerprint density at radius 1 is 1.17 bits per heavy atom. The number of hydrogen-bond donors (Lipinski definition) is 2. The van der Waals surface area contributed by atoms with Crippen molar-refractivity contribution in [3.8, 4) is 5.75 Å². The molecule has 2 N–H and O–H groups in total. The van der Waals surface area contributed by atoms with Crippen molar-refractivity contribution in [1.82, 2.24) is 4.72 Å². The van der Waals surface area contributed by atoms with Crippen LogP contribution < -0.4 is 9.46 Å². The van der Waals surface area contributed by atoms with Gasteiger partial charge in [0.1, 0.15) is 5.75 Å².